The lowest BCUT2D eigenvalue weighted by atomic mass is 9.46. The van der Waals surface area contributed by atoms with Gasteiger partial charge in [-0.15, -0.1) is 0 Å². The van der Waals surface area contributed by atoms with Gasteiger partial charge in [0.25, 0.3) is 0 Å². The summed E-state index contributed by atoms with van der Waals surface area (Å²) in [4.78, 5) is 0. The molecule has 3 fully saturated rings. The fourth-order valence-corrected chi connectivity index (χ4v) is 6.08. The predicted octanol–water partition coefficient (Wildman–Crippen LogP) is 2.66. The van der Waals surface area contributed by atoms with Crippen LogP contribution in [0.25, 0.3) is 0 Å². The predicted molar refractivity (Wildman–Crippen MR) is 93.5 cm³/mol. The van der Waals surface area contributed by atoms with E-state index in [-0.39, 0.29) is 24.2 Å². The molecule has 0 aromatic rings. The van der Waals surface area contributed by atoms with Crippen molar-refractivity contribution >= 4 is 0 Å². The van der Waals surface area contributed by atoms with E-state index in [0.29, 0.717) is 22.8 Å². The Morgan fingerprint density at radius 1 is 1.21 bits per heavy atom. The zero-order valence-corrected chi connectivity index (χ0v) is 15.4. The first-order chi connectivity index (χ1) is 11.3. The van der Waals surface area contributed by atoms with E-state index in [0.717, 1.165) is 19.4 Å². The van der Waals surface area contributed by atoms with Crippen LogP contribution in [0.2, 0.25) is 0 Å². The van der Waals surface area contributed by atoms with Crippen LogP contribution in [0.5, 0.6) is 0 Å². The van der Waals surface area contributed by atoms with Crippen LogP contribution in [-0.4, -0.2) is 46.8 Å². The molecule has 1 spiro atoms. The van der Waals surface area contributed by atoms with Crippen molar-refractivity contribution in [1.82, 2.24) is 0 Å². The Labute approximate surface area is 145 Å². The van der Waals surface area contributed by atoms with Crippen molar-refractivity contribution in [2.75, 3.05) is 19.8 Å². The van der Waals surface area contributed by atoms with Gasteiger partial charge in [-0.2, -0.15) is 0 Å². The molecule has 1 saturated heterocycles. The van der Waals surface area contributed by atoms with Crippen LogP contribution >= 0.6 is 0 Å². The highest BCUT2D eigenvalue weighted by atomic mass is 16.6. The maximum Gasteiger partial charge on any atom is 0.100 e. The monoisotopic (exact) mass is 338 g/mol. The van der Waals surface area contributed by atoms with Crippen molar-refractivity contribution in [2.45, 2.75) is 71.0 Å². The molecule has 24 heavy (non-hydrogen) atoms. The van der Waals surface area contributed by atoms with Crippen LogP contribution in [0.3, 0.4) is 0 Å². The number of aliphatic hydroxyl groups excluding tert-OH is 3. The number of rotatable bonds is 5. The second kappa shape index (κ2) is 6.39. The molecule has 0 radical (unpaired) electrons. The fourth-order valence-electron chi connectivity index (χ4n) is 6.08. The van der Waals surface area contributed by atoms with E-state index in [1.807, 2.05) is 6.08 Å². The van der Waals surface area contributed by atoms with E-state index in [2.05, 4.69) is 20.8 Å². The number of fused-ring (bicyclic) bond motifs is 1. The molecular weight excluding hydrogens is 304 g/mol. The summed E-state index contributed by atoms with van der Waals surface area (Å²) >= 11 is 0. The van der Waals surface area contributed by atoms with Crippen molar-refractivity contribution in [2.24, 2.45) is 22.7 Å². The minimum Gasteiger partial charge on any atom is -0.393 e. The topological polar surface area (TPSA) is 73.2 Å². The Kier molecular flexibility index (Phi) is 4.89. The molecule has 5 atom stereocenters. The number of allylic oxidation sites excluding steroid dienone is 1. The van der Waals surface area contributed by atoms with Gasteiger partial charge >= 0.3 is 0 Å². The van der Waals surface area contributed by atoms with Crippen LogP contribution < -0.4 is 0 Å². The van der Waals surface area contributed by atoms with Crippen molar-refractivity contribution in [3.8, 4) is 0 Å². The molecule has 0 bridgehead atoms. The molecule has 0 aromatic carbocycles. The summed E-state index contributed by atoms with van der Waals surface area (Å²) in [6, 6.07) is 0. The molecule has 2 aliphatic carbocycles. The van der Waals surface area contributed by atoms with Crippen LogP contribution in [0.1, 0.15) is 59.3 Å². The molecule has 4 heteroatoms. The van der Waals surface area contributed by atoms with Crippen molar-refractivity contribution in [3.63, 3.8) is 0 Å². The van der Waals surface area contributed by atoms with E-state index < -0.39 is 6.10 Å². The first-order valence-electron chi connectivity index (χ1n) is 9.52. The van der Waals surface area contributed by atoms with Crippen LogP contribution in [0.15, 0.2) is 11.6 Å². The summed E-state index contributed by atoms with van der Waals surface area (Å²) in [5.74, 6) is 1.13. The highest BCUT2D eigenvalue weighted by Gasteiger charge is 2.64. The second-order valence-electron chi connectivity index (χ2n) is 9.22. The van der Waals surface area contributed by atoms with Crippen LogP contribution in [0, 0.1) is 22.7 Å². The summed E-state index contributed by atoms with van der Waals surface area (Å²) in [6.45, 7) is 7.59. The summed E-state index contributed by atoms with van der Waals surface area (Å²) < 4.78 is 5.98. The third-order valence-corrected chi connectivity index (χ3v) is 7.48. The van der Waals surface area contributed by atoms with E-state index in [1.165, 1.54) is 25.7 Å². The van der Waals surface area contributed by atoms with Crippen LogP contribution in [0.4, 0.5) is 0 Å². The summed E-state index contributed by atoms with van der Waals surface area (Å²) in [5, 5.41) is 28.5. The molecule has 4 nitrogen and oxygen atoms in total. The second-order valence-corrected chi connectivity index (χ2v) is 9.22. The average molecular weight is 338 g/mol. The van der Waals surface area contributed by atoms with E-state index in [4.69, 9.17) is 9.84 Å². The summed E-state index contributed by atoms with van der Waals surface area (Å²) in [6.07, 6.45) is 8.00. The van der Waals surface area contributed by atoms with Gasteiger partial charge in [0.1, 0.15) is 6.10 Å². The number of hydrogen-bond donors (Lipinski definition) is 3. The Morgan fingerprint density at radius 3 is 2.50 bits per heavy atom. The van der Waals surface area contributed by atoms with Crippen molar-refractivity contribution in [3.05, 3.63) is 11.6 Å². The quantitative estimate of drug-likeness (QED) is 0.532. The third-order valence-electron chi connectivity index (χ3n) is 7.48. The zero-order valence-electron chi connectivity index (χ0n) is 15.4. The number of aliphatic hydroxyl groups is 3. The third kappa shape index (κ3) is 2.96. The van der Waals surface area contributed by atoms with Gasteiger partial charge in [0.15, 0.2) is 0 Å². The highest BCUT2D eigenvalue weighted by Crippen LogP contribution is 2.66. The molecular formula is C20H34O4. The summed E-state index contributed by atoms with van der Waals surface area (Å²) in [5.41, 5.74) is 1.17. The lowest BCUT2D eigenvalue weighted by Crippen LogP contribution is -2.54. The Hall–Kier alpha value is -0.420. The zero-order chi connectivity index (χ0) is 17.6. The van der Waals surface area contributed by atoms with Crippen molar-refractivity contribution < 1.29 is 20.1 Å². The standard InChI is InChI=1S/C20H34O4/c1-18(2)8-4-9-19(3)16(18)7-10-20(13-24-20)17(19)6-5-14(11-21)15(23)12-22/h5,15-17,21-23H,4,6-13H2,1-3H3/b14-5-/t15-,16+,17-,19+,20-/m1/s1. The molecule has 0 unspecified atom stereocenters. The largest absolute Gasteiger partial charge is 0.393 e. The van der Waals surface area contributed by atoms with Crippen LogP contribution in [-0.2, 0) is 4.74 Å². The first-order valence-corrected chi connectivity index (χ1v) is 9.52. The van der Waals surface area contributed by atoms with Gasteiger partial charge in [-0.1, -0.05) is 33.3 Å². The highest BCUT2D eigenvalue weighted by molar-refractivity contribution is 5.17. The molecule has 3 N–H and O–H groups in total. The number of ether oxygens (including phenoxy) is 1. The minimum absolute atomic E-state index is 0.0138. The van der Waals surface area contributed by atoms with Gasteiger partial charge in [0.2, 0.25) is 0 Å². The number of hydrogen-bond acceptors (Lipinski definition) is 4. The SMILES string of the molecule is CC1(C)CCC[C@@]2(C)[C@H]1CC[C@@]1(CO1)[C@@H]2C/C=C(/CO)[C@H](O)CO. The maximum atomic E-state index is 9.86. The summed E-state index contributed by atoms with van der Waals surface area (Å²) in [7, 11) is 0. The molecule has 3 aliphatic rings. The van der Waals surface area contributed by atoms with Crippen molar-refractivity contribution in [1.29, 1.82) is 0 Å². The Bertz CT molecular complexity index is 494. The molecule has 2 saturated carbocycles. The maximum absolute atomic E-state index is 9.86. The molecule has 138 valence electrons. The molecule has 0 aromatic heterocycles. The molecule has 1 aliphatic heterocycles. The number of epoxide rings is 1. The fraction of sp³-hybridized carbons (Fsp3) is 0.900. The van der Waals surface area contributed by atoms with Gasteiger partial charge in [0, 0.05) is 0 Å². The first kappa shape index (κ1) is 18.4. The van der Waals surface area contributed by atoms with Gasteiger partial charge < -0.3 is 20.1 Å². The minimum atomic E-state index is -0.957. The lowest BCUT2D eigenvalue weighted by molar-refractivity contribution is -0.104. The van der Waals surface area contributed by atoms with E-state index >= 15 is 0 Å². The Balaban J connectivity index is 1.87. The van der Waals surface area contributed by atoms with E-state index in [1.54, 1.807) is 0 Å². The molecule has 0 amide bonds. The molecule has 3 rings (SSSR count). The van der Waals surface area contributed by atoms with E-state index in [9.17, 15) is 10.2 Å². The smallest absolute Gasteiger partial charge is 0.100 e. The van der Waals surface area contributed by atoms with Gasteiger partial charge in [-0.25, -0.2) is 0 Å². The van der Waals surface area contributed by atoms with Gasteiger partial charge in [-0.3, -0.25) is 0 Å². The normalized spacial score (nSPS) is 42.7. The van der Waals surface area contributed by atoms with Gasteiger partial charge in [0.05, 0.1) is 25.4 Å². The Morgan fingerprint density at radius 2 is 1.92 bits per heavy atom. The molecule has 1 heterocycles. The van der Waals surface area contributed by atoms with Gasteiger partial charge in [-0.05, 0) is 60.3 Å². The average Bonchev–Trinajstić information content (AvgIpc) is 3.29. The lowest BCUT2D eigenvalue weighted by Gasteiger charge is -2.59.